The number of anilines is 1. The quantitative estimate of drug-likeness (QED) is 0.384. The second kappa shape index (κ2) is 10.3. The van der Waals surface area contributed by atoms with Crippen LogP contribution in [0.25, 0.3) is 6.08 Å². The number of ether oxygens (including phenoxy) is 1. The van der Waals surface area contributed by atoms with Crippen molar-refractivity contribution < 1.29 is 19.1 Å². The smallest absolute Gasteiger partial charge is 0.349 e. The number of nitrogens with two attached hydrogens (primary N) is 1. The molecule has 8 nitrogen and oxygen atoms in total. The number of benzene rings is 1. The van der Waals surface area contributed by atoms with Gasteiger partial charge in [-0.25, -0.2) is 4.79 Å². The second-order valence-electron chi connectivity index (χ2n) is 7.13. The van der Waals surface area contributed by atoms with Gasteiger partial charge >= 0.3 is 5.97 Å². The number of hydrogen-bond donors (Lipinski definition) is 2. The fourth-order valence-electron chi connectivity index (χ4n) is 3.07. The van der Waals surface area contributed by atoms with E-state index in [2.05, 4.69) is 16.8 Å². The summed E-state index contributed by atoms with van der Waals surface area (Å²) in [6.07, 6.45) is 1.31. The normalized spacial score (nSPS) is 12.0. The van der Waals surface area contributed by atoms with Crippen molar-refractivity contribution in [1.82, 2.24) is 4.57 Å². The van der Waals surface area contributed by atoms with Crippen LogP contribution in [-0.2, 0) is 20.9 Å². The predicted molar refractivity (Wildman–Crippen MR) is 117 cm³/mol. The monoisotopic (exact) mass is 422 g/mol. The Labute approximate surface area is 181 Å². The number of hydrogen-bond acceptors (Lipinski definition) is 5. The van der Waals surface area contributed by atoms with E-state index in [0.717, 1.165) is 29.9 Å². The Morgan fingerprint density at radius 1 is 1.26 bits per heavy atom. The third kappa shape index (κ3) is 5.82. The van der Waals surface area contributed by atoms with Crippen molar-refractivity contribution in [3.63, 3.8) is 0 Å². The van der Waals surface area contributed by atoms with Crippen LogP contribution in [0.4, 0.5) is 5.69 Å². The second-order valence-corrected chi connectivity index (χ2v) is 7.13. The Hall–Kier alpha value is -3.86. The highest BCUT2D eigenvalue weighted by molar-refractivity contribution is 6.01. The summed E-state index contributed by atoms with van der Waals surface area (Å²) in [6.45, 7) is 8.22. The summed E-state index contributed by atoms with van der Waals surface area (Å²) >= 11 is 0. The van der Waals surface area contributed by atoms with Gasteiger partial charge in [-0.2, -0.15) is 5.26 Å². The number of nitrogens with one attached hydrogen (secondary N) is 1. The van der Waals surface area contributed by atoms with Crippen molar-refractivity contribution in [3.8, 4) is 6.07 Å². The highest BCUT2D eigenvalue weighted by Crippen LogP contribution is 2.19. The van der Waals surface area contributed by atoms with E-state index >= 15 is 0 Å². The number of amides is 2. The van der Waals surface area contributed by atoms with E-state index < -0.39 is 23.9 Å². The summed E-state index contributed by atoms with van der Waals surface area (Å²) in [5.41, 5.74) is 8.45. The molecule has 0 bridgehead atoms. The minimum Gasteiger partial charge on any atom is -0.448 e. The number of nitriles is 1. The first-order valence-electron chi connectivity index (χ1n) is 9.88. The minimum absolute atomic E-state index is 0.192. The largest absolute Gasteiger partial charge is 0.448 e. The molecule has 2 rings (SSSR count). The lowest BCUT2D eigenvalue weighted by molar-refractivity contribution is -0.148. The molecular weight excluding hydrogens is 396 g/mol. The lowest BCUT2D eigenvalue weighted by Crippen LogP contribution is -2.30. The SMILES string of the molecule is CCCn1c(C)cc(/C=C(\C#N)C(=O)O[C@@H](C)C(=O)Nc2ccc(C(N)=O)cc2)c1C. The molecule has 0 aliphatic carbocycles. The van der Waals surface area contributed by atoms with E-state index in [1.807, 2.05) is 26.0 Å². The van der Waals surface area contributed by atoms with Gasteiger partial charge < -0.3 is 20.4 Å². The standard InChI is InChI=1S/C23H26N4O4/c1-5-10-27-14(2)11-18(15(27)3)12-19(13-24)23(30)31-16(4)22(29)26-20-8-6-17(7-9-20)21(25)28/h6-9,11-12,16H,5,10H2,1-4H3,(H2,25,28)(H,26,29)/b19-12+/t16-/m0/s1. The summed E-state index contributed by atoms with van der Waals surface area (Å²) in [4.78, 5) is 35.9. The molecule has 0 radical (unpaired) electrons. The molecule has 0 aliphatic rings. The lowest BCUT2D eigenvalue weighted by atomic mass is 10.1. The van der Waals surface area contributed by atoms with Crippen LogP contribution in [0.2, 0.25) is 0 Å². The van der Waals surface area contributed by atoms with Gasteiger partial charge in [0.2, 0.25) is 5.91 Å². The van der Waals surface area contributed by atoms with Crippen molar-refractivity contribution in [2.24, 2.45) is 5.73 Å². The van der Waals surface area contributed by atoms with Crippen molar-refractivity contribution >= 4 is 29.5 Å². The van der Waals surface area contributed by atoms with Crippen LogP contribution in [0.5, 0.6) is 0 Å². The lowest BCUT2D eigenvalue weighted by Gasteiger charge is -2.13. The number of primary amides is 1. The summed E-state index contributed by atoms with van der Waals surface area (Å²) in [6, 6.07) is 9.73. The Balaban J connectivity index is 2.08. The van der Waals surface area contributed by atoms with Gasteiger partial charge in [-0.1, -0.05) is 6.92 Å². The van der Waals surface area contributed by atoms with Crippen LogP contribution in [0.1, 0.15) is 47.6 Å². The van der Waals surface area contributed by atoms with Crippen molar-refractivity contribution in [3.05, 3.63) is 58.4 Å². The number of aryl methyl sites for hydroxylation is 1. The van der Waals surface area contributed by atoms with E-state index in [9.17, 15) is 19.6 Å². The molecule has 162 valence electrons. The fourth-order valence-corrected chi connectivity index (χ4v) is 3.07. The van der Waals surface area contributed by atoms with Gasteiger partial charge in [0, 0.05) is 29.2 Å². The zero-order valence-corrected chi connectivity index (χ0v) is 18.1. The maximum absolute atomic E-state index is 12.4. The Kier molecular flexibility index (Phi) is 7.75. The van der Waals surface area contributed by atoms with Gasteiger partial charge in [-0.3, -0.25) is 9.59 Å². The Bertz CT molecular complexity index is 1060. The molecule has 0 saturated heterocycles. The number of carbonyl (C=O) groups is 3. The van der Waals surface area contributed by atoms with E-state index in [1.165, 1.54) is 37.3 Å². The van der Waals surface area contributed by atoms with Gasteiger partial charge in [-0.05, 0) is 69.2 Å². The first-order chi connectivity index (χ1) is 14.7. The molecule has 0 spiro atoms. The van der Waals surface area contributed by atoms with Gasteiger partial charge in [0.25, 0.3) is 5.91 Å². The molecule has 31 heavy (non-hydrogen) atoms. The maximum atomic E-state index is 12.4. The zero-order chi connectivity index (χ0) is 23.1. The summed E-state index contributed by atoms with van der Waals surface area (Å²) in [7, 11) is 0. The van der Waals surface area contributed by atoms with Crippen molar-refractivity contribution in [1.29, 1.82) is 5.26 Å². The minimum atomic E-state index is -1.13. The maximum Gasteiger partial charge on any atom is 0.349 e. The van der Waals surface area contributed by atoms with Crippen LogP contribution >= 0.6 is 0 Å². The third-order valence-electron chi connectivity index (χ3n) is 4.79. The first-order valence-corrected chi connectivity index (χ1v) is 9.88. The average molecular weight is 422 g/mol. The van der Waals surface area contributed by atoms with Crippen LogP contribution in [0.15, 0.2) is 35.9 Å². The van der Waals surface area contributed by atoms with Crippen LogP contribution < -0.4 is 11.1 Å². The topological polar surface area (TPSA) is 127 Å². The van der Waals surface area contributed by atoms with Crippen LogP contribution in [0, 0.1) is 25.2 Å². The Morgan fingerprint density at radius 2 is 1.90 bits per heavy atom. The molecule has 0 unspecified atom stereocenters. The van der Waals surface area contributed by atoms with Gasteiger partial charge in [-0.15, -0.1) is 0 Å². The first kappa shape index (κ1) is 23.4. The van der Waals surface area contributed by atoms with E-state index in [0.29, 0.717) is 11.3 Å². The Morgan fingerprint density at radius 3 is 2.45 bits per heavy atom. The summed E-state index contributed by atoms with van der Waals surface area (Å²) in [5, 5.41) is 12.0. The molecule has 3 N–H and O–H groups in total. The average Bonchev–Trinajstić information content (AvgIpc) is 2.99. The molecule has 1 atom stereocenters. The summed E-state index contributed by atoms with van der Waals surface area (Å²) in [5.74, 6) is -2.03. The molecular formula is C23H26N4O4. The van der Waals surface area contributed by atoms with Crippen LogP contribution in [-0.4, -0.2) is 28.5 Å². The molecule has 8 heteroatoms. The predicted octanol–water partition coefficient (Wildman–Crippen LogP) is 3.09. The fraction of sp³-hybridized carbons (Fsp3) is 0.304. The molecule has 0 saturated carbocycles. The molecule has 0 aliphatic heterocycles. The number of carbonyl (C=O) groups excluding carboxylic acids is 3. The number of rotatable bonds is 8. The molecule has 1 heterocycles. The molecule has 1 aromatic carbocycles. The molecule has 2 aromatic rings. The van der Waals surface area contributed by atoms with Crippen molar-refractivity contribution in [2.45, 2.75) is 46.8 Å². The van der Waals surface area contributed by atoms with Crippen LogP contribution in [0.3, 0.4) is 0 Å². The number of aromatic nitrogens is 1. The molecule has 2 amide bonds. The van der Waals surface area contributed by atoms with Gasteiger partial charge in [0.15, 0.2) is 6.10 Å². The molecule has 0 fully saturated rings. The molecule has 1 aromatic heterocycles. The zero-order valence-electron chi connectivity index (χ0n) is 18.1. The number of esters is 1. The van der Waals surface area contributed by atoms with E-state index in [1.54, 1.807) is 0 Å². The van der Waals surface area contributed by atoms with Crippen molar-refractivity contribution in [2.75, 3.05) is 5.32 Å². The highest BCUT2D eigenvalue weighted by atomic mass is 16.5. The third-order valence-corrected chi connectivity index (χ3v) is 4.79. The summed E-state index contributed by atoms with van der Waals surface area (Å²) < 4.78 is 7.29. The van der Waals surface area contributed by atoms with E-state index in [4.69, 9.17) is 10.5 Å². The van der Waals surface area contributed by atoms with E-state index in [-0.39, 0.29) is 5.57 Å². The van der Waals surface area contributed by atoms with Gasteiger partial charge in [0.1, 0.15) is 11.6 Å². The number of nitrogens with zero attached hydrogens (tertiary/aromatic N) is 2. The van der Waals surface area contributed by atoms with Gasteiger partial charge in [0.05, 0.1) is 0 Å². The highest BCUT2D eigenvalue weighted by Gasteiger charge is 2.21.